The molecule has 0 spiro atoms. The fourth-order valence-electron chi connectivity index (χ4n) is 0.794. The third-order valence-corrected chi connectivity index (χ3v) is 1.82. The van der Waals surface area contributed by atoms with Crippen LogP contribution in [0.25, 0.3) is 0 Å². The lowest BCUT2D eigenvalue weighted by atomic mass is 9.89. The van der Waals surface area contributed by atoms with Crippen LogP contribution >= 0.6 is 0 Å². The van der Waals surface area contributed by atoms with E-state index in [4.69, 9.17) is 0 Å². The normalized spacial score (nSPS) is 15.3. The van der Waals surface area contributed by atoms with Crippen molar-refractivity contribution in [2.75, 3.05) is 7.05 Å². The minimum Gasteiger partial charge on any atom is -0.317 e. The van der Waals surface area contributed by atoms with Gasteiger partial charge in [-0.25, -0.2) is 0 Å². The van der Waals surface area contributed by atoms with Gasteiger partial charge in [-0.1, -0.05) is 20.8 Å². The summed E-state index contributed by atoms with van der Waals surface area (Å²) in [6, 6.07) is 0.666. The van der Waals surface area contributed by atoms with Gasteiger partial charge in [0.15, 0.2) is 0 Å². The summed E-state index contributed by atoms with van der Waals surface area (Å²) in [5, 5.41) is 3.24. The Balaban J connectivity index is 3.36. The lowest BCUT2D eigenvalue weighted by Gasteiger charge is -2.20. The Morgan fingerprint density at radius 2 is 1.80 bits per heavy atom. The van der Waals surface area contributed by atoms with E-state index in [1.54, 1.807) is 0 Å². The van der Waals surface area contributed by atoms with Crippen LogP contribution in [0.15, 0.2) is 0 Å². The van der Waals surface area contributed by atoms with Crippen LogP contribution in [0, 0.1) is 5.41 Å². The van der Waals surface area contributed by atoms with Crippen molar-refractivity contribution >= 4 is 0 Å². The first kappa shape index (κ1) is 9.96. The van der Waals surface area contributed by atoms with Crippen LogP contribution in [0.1, 0.15) is 40.5 Å². The lowest BCUT2D eigenvalue weighted by Crippen LogP contribution is -2.22. The fourth-order valence-corrected chi connectivity index (χ4v) is 0.794. The predicted octanol–water partition coefficient (Wildman–Crippen LogP) is 2.42. The van der Waals surface area contributed by atoms with E-state index >= 15 is 0 Å². The minimum absolute atomic E-state index is 0.491. The molecule has 0 saturated heterocycles. The van der Waals surface area contributed by atoms with Crippen LogP contribution in [0.5, 0.6) is 0 Å². The van der Waals surface area contributed by atoms with Crippen LogP contribution in [0.4, 0.5) is 0 Å². The Hall–Kier alpha value is -0.0400. The molecule has 0 aromatic heterocycles. The Labute approximate surface area is 65.2 Å². The van der Waals surface area contributed by atoms with E-state index in [0.29, 0.717) is 11.5 Å². The highest BCUT2D eigenvalue weighted by atomic mass is 14.8. The van der Waals surface area contributed by atoms with Gasteiger partial charge in [0.1, 0.15) is 0 Å². The van der Waals surface area contributed by atoms with Crippen LogP contribution in [-0.2, 0) is 0 Å². The van der Waals surface area contributed by atoms with Crippen molar-refractivity contribution in [1.29, 1.82) is 0 Å². The van der Waals surface area contributed by atoms with E-state index in [-0.39, 0.29) is 0 Å². The van der Waals surface area contributed by atoms with Gasteiger partial charge in [0, 0.05) is 6.04 Å². The van der Waals surface area contributed by atoms with Gasteiger partial charge in [-0.05, 0) is 32.2 Å². The van der Waals surface area contributed by atoms with Gasteiger partial charge in [-0.3, -0.25) is 0 Å². The Morgan fingerprint density at radius 1 is 1.30 bits per heavy atom. The Morgan fingerprint density at radius 3 is 2.10 bits per heavy atom. The van der Waals surface area contributed by atoms with Crippen LogP contribution in [0.3, 0.4) is 0 Å². The molecule has 0 rings (SSSR count). The summed E-state index contributed by atoms with van der Waals surface area (Å²) in [7, 11) is 2.02. The molecular weight excluding hydrogens is 122 g/mol. The van der Waals surface area contributed by atoms with E-state index in [1.165, 1.54) is 12.8 Å². The van der Waals surface area contributed by atoms with Crippen molar-refractivity contribution in [2.45, 2.75) is 46.6 Å². The third-order valence-electron chi connectivity index (χ3n) is 1.82. The monoisotopic (exact) mass is 143 g/mol. The van der Waals surface area contributed by atoms with Gasteiger partial charge in [-0.15, -0.1) is 0 Å². The van der Waals surface area contributed by atoms with Crippen molar-refractivity contribution < 1.29 is 0 Å². The second-order valence-electron chi connectivity index (χ2n) is 4.29. The summed E-state index contributed by atoms with van der Waals surface area (Å²) in [4.78, 5) is 0. The molecule has 1 N–H and O–H groups in total. The highest BCUT2D eigenvalue weighted by Gasteiger charge is 2.10. The number of hydrogen-bond acceptors (Lipinski definition) is 1. The Bertz CT molecular complexity index is 81.2. The van der Waals surface area contributed by atoms with Crippen LogP contribution in [-0.4, -0.2) is 13.1 Å². The zero-order chi connectivity index (χ0) is 8.20. The maximum Gasteiger partial charge on any atom is 0.00359 e. The molecule has 0 fully saturated rings. The maximum atomic E-state index is 3.24. The Kier molecular flexibility index (Phi) is 3.95. The van der Waals surface area contributed by atoms with Crippen molar-refractivity contribution in [2.24, 2.45) is 5.41 Å². The van der Waals surface area contributed by atoms with E-state index in [0.717, 1.165) is 0 Å². The maximum absolute atomic E-state index is 3.24. The average Bonchev–Trinajstić information content (AvgIpc) is 1.81. The highest BCUT2D eigenvalue weighted by molar-refractivity contribution is 4.65. The second kappa shape index (κ2) is 3.97. The number of rotatable bonds is 3. The van der Waals surface area contributed by atoms with Gasteiger partial charge in [-0.2, -0.15) is 0 Å². The first-order chi connectivity index (χ1) is 4.45. The summed E-state index contributed by atoms with van der Waals surface area (Å²) >= 11 is 0. The minimum atomic E-state index is 0.491. The van der Waals surface area contributed by atoms with E-state index < -0.39 is 0 Å². The van der Waals surface area contributed by atoms with E-state index in [2.05, 4.69) is 33.0 Å². The molecule has 0 aromatic carbocycles. The molecule has 1 heteroatoms. The zero-order valence-electron chi connectivity index (χ0n) is 7.99. The standard InChI is InChI=1S/C9H21N/c1-8(10-5)6-7-9(2,3)4/h8,10H,6-7H2,1-5H3. The molecule has 10 heavy (non-hydrogen) atoms. The smallest absolute Gasteiger partial charge is 0.00359 e. The van der Waals surface area contributed by atoms with Gasteiger partial charge >= 0.3 is 0 Å². The lowest BCUT2D eigenvalue weighted by molar-refractivity contribution is 0.342. The second-order valence-corrected chi connectivity index (χ2v) is 4.29. The van der Waals surface area contributed by atoms with Gasteiger partial charge in [0.05, 0.1) is 0 Å². The molecule has 0 heterocycles. The molecule has 1 atom stereocenters. The molecule has 0 amide bonds. The van der Waals surface area contributed by atoms with Gasteiger partial charge < -0.3 is 5.32 Å². The largest absolute Gasteiger partial charge is 0.317 e. The van der Waals surface area contributed by atoms with Crippen molar-refractivity contribution in [3.05, 3.63) is 0 Å². The molecule has 0 aromatic rings. The van der Waals surface area contributed by atoms with Crippen LogP contribution in [0.2, 0.25) is 0 Å². The fraction of sp³-hybridized carbons (Fsp3) is 1.00. The zero-order valence-corrected chi connectivity index (χ0v) is 7.99. The first-order valence-electron chi connectivity index (χ1n) is 4.13. The van der Waals surface area contributed by atoms with Crippen molar-refractivity contribution in [3.63, 3.8) is 0 Å². The molecule has 1 unspecified atom stereocenters. The van der Waals surface area contributed by atoms with Crippen molar-refractivity contribution in [3.8, 4) is 0 Å². The molecule has 0 saturated carbocycles. The van der Waals surface area contributed by atoms with Gasteiger partial charge in [0.25, 0.3) is 0 Å². The summed E-state index contributed by atoms with van der Waals surface area (Å²) in [6.07, 6.45) is 2.58. The molecule has 0 aliphatic carbocycles. The molecule has 62 valence electrons. The molecule has 1 nitrogen and oxygen atoms in total. The highest BCUT2D eigenvalue weighted by Crippen LogP contribution is 2.21. The summed E-state index contributed by atoms with van der Waals surface area (Å²) in [5.74, 6) is 0. The summed E-state index contributed by atoms with van der Waals surface area (Å²) < 4.78 is 0. The molecular formula is C9H21N. The third kappa shape index (κ3) is 6.09. The molecule has 0 aliphatic rings. The average molecular weight is 143 g/mol. The van der Waals surface area contributed by atoms with E-state index in [1.807, 2.05) is 7.05 Å². The summed E-state index contributed by atoms with van der Waals surface area (Å²) in [5.41, 5.74) is 0.491. The first-order valence-corrected chi connectivity index (χ1v) is 4.13. The van der Waals surface area contributed by atoms with E-state index in [9.17, 15) is 0 Å². The molecule has 0 radical (unpaired) electrons. The molecule has 0 aliphatic heterocycles. The predicted molar refractivity (Wildman–Crippen MR) is 47.2 cm³/mol. The number of hydrogen-bond donors (Lipinski definition) is 1. The molecule has 0 bridgehead atoms. The summed E-state index contributed by atoms with van der Waals surface area (Å²) in [6.45, 7) is 9.09. The van der Waals surface area contributed by atoms with Crippen molar-refractivity contribution in [1.82, 2.24) is 5.32 Å². The van der Waals surface area contributed by atoms with Crippen LogP contribution < -0.4 is 5.32 Å². The quantitative estimate of drug-likeness (QED) is 0.640. The number of nitrogens with one attached hydrogen (secondary N) is 1. The SMILES string of the molecule is CNC(C)CCC(C)(C)C. The topological polar surface area (TPSA) is 12.0 Å². The van der Waals surface area contributed by atoms with Gasteiger partial charge in [0.2, 0.25) is 0 Å².